The fraction of sp³-hybridized carbons (Fsp3) is 0.263. The molecule has 3 aromatic rings. The van der Waals surface area contributed by atoms with Gasteiger partial charge in [0, 0.05) is 24.0 Å². The number of aromatic nitrogens is 4. The Hall–Kier alpha value is -3.22. The summed E-state index contributed by atoms with van der Waals surface area (Å²) in [5.41, 5.74) is 2.57. The van der Waals surface area contributed by atoms with Crippen molar-refractivity contribution >= 4 is 5.91 Å². The van der Waals surface area contributed by atoms with E-state index < -0.39 is 0 Å². The lowest BCUT2D eigenvalue weighted by molar-refractivity contribution is 0.0579. The number of fused-ring (bicyclic) bond motifs is 1. The number of carbonyl (C=O) groups is 1. The third-order valence-electron chi connectivity index (χ3n) is 4.77. The summed E-state index contributed by atoms with van der Waals surface area (Å²) < 4.78 is 7.71. The summed E-state index contributed by atoms with van der Waals surface area (Å²) in [7, 11) is 1.65. The van der Waals surface area contributed by atoms with Gasteiger partial charge in [0.25, 0.3) is 5.91 Å². The highest BCUT2D eigenvalue weighted by molar-refractivity contribution is 5.94. The first-order valence-electron chi connectivity index (χ1n) is 8.40. The first kappa shape index (κ1) is 16.3. The molecule has 0 fully saturated rings. The molecule has 4 rings (SSSR count). The van der Waals surface area contributed by atoms with Crippen molar-refractivity contribution in [3.05, 3.63) is 71.6 Å². The smallest absolute Gasteiger partial charge is 0.256 e. The summed E-state index contributed by atoms with van der Waals surface area (Å²) in [5.74, 6) is 1.55. The number of imidazole rings is 1. The number of methoxy groups -OCH3 is 1. The van der Waals surface area contributed by atoms with Crippen LogP contribution >= 0.6 is 0 Å². The fourth-order valence-corrected chi connectivity index (χ4v) is 3.42. The molecule has 132 valence electrons. The average Bonchev–Trinajstić information content (AvgIpc) is 3.07. The van der Waals surface area contributed by atoms with E-state index in [1.54, 1.807) is 13.2 Å². The highest BCUT2D eigenvalue weighted by Gasteiger charge is 2.34. The molecule has 7 heteroatoms. The maximum absolute atomic E-state index is 13.2. The minimum atomic E-state index is -0.160. The van der Waals surface area contributed by atoms with E-state index in [4.69, 9.17) is 4.74 Å². The number of aryl methyl sites for hydroxylation is 1. The Kier molecular flexibility index (Phi) is 4.12. The van der Waals surface area contributed by atoms with Crippen LogP contribution in [0.3, 0.4) is 0 Å². The Bertz CT molecular complexity index is 938. The molecule has 2 aromatic heterocycles. The van der Waals surface area contributed by atoms with Gasteiger partial charge in [-0.25, -0.2) is 4.98 Å². The molecule has 0 bridgehead atoms. The van der Waals surface area contributed by atoms with Crippen LogP contribution in [0.25, 0.3) is 0 Å². The van der Waals surface area contributed by atoms with Crippen LogP contribution in [0.15, 0.2) is 48.9 Å². The molecular formula is C19H19N5O2. The lowest BCUT2D eigenvalue weighted by Gasteiger charge is -2.37. The predicted molar refractivity (Wildman–Crippen MR) is 94.6 cm³/mol. The number of rotatable bonds is 3. The van der Waals surface area contributed by atoms with E-state index in [1.807, 2.05) is 42.3 Å². The highest BCUT2D eigenvalue weighted by Crippen LogP contribution is 2.35. The minimum Gasteiger partial charge on any atom is -0.496 e. The number of amides is 1. The second-order valence-corrected chi connectivity index (χ2v) is 6.25. The normalized spacial score (nSPS) is 16.2. The zero-order chi connectivity index (χ0) is 18.1. The van der Waals surface area contributed by atoms with E-state index in [2.05, 4.69) is 19.7 Å². The standard InChI is InChI=1S/C19H19N5O2/c1-13-9-20-18-12-24(19(25)14-7-8-21-22-10-14)16(11-23(13)18)15-5-3-4-6-17(15)26-2/h3-10,16H,11-12H2,1-2H3/t16-/m0/s1. The van der Waals surface area contributed by atoms with Gasteiger partial charge >= 0.3 is 0 Å². The summed E-state index contributed by atoms with van der Waals surface area (Å²) in [5, 5.41) is 7.60. The molecule has 7 nitrogen and oxygen atoms in total. The van der Waals surface area contributed by atoms with E-state index in [9.17, 15) is 4.79 Å². The van der Waals surface area contributed by atoms with Crippen LogP contribution in [0.1, 0.15) is 33.5 Å². The number of hydrogen-bond acceptors (Lipinski definition) is 5. The molecule has 0 unspecified atom stereocenters. The van der Waals surface area contributed by atoms with Gasteiger partial charge in [0.05, 0.1) is 37.7 Å². The number of hydrogen-bond donors (Lipinski definition) is 0. The first-order valence-corrected chi connectivity index (χ1v) is 8.40. The maximum Gasteiger partial charge on any atom is 0.256 e. The van der Waals surface area contributed by atoms with Gasteiger partial charge in [-0.3, -0.25) is 4.79 Å². The van der Waals surface area contributed by atoms with E-state index in [0.29, 0.717) is 18.7 Å². The molecule has 0 N–H and O–H groups in total. The van der Waals surface area contributed by atoms with E-state index in [-0.39, 0.29) is 11.9 Å². The lowest BCUT2D eigenvalue weighted by Crippen LogP contribution is -2.41. The van der Waals surface area contributed by atoms with Crippen molar-refractivity contribution in [3.63, 3.8) is 0 Å². The van der Waals surface area contributed by atoms with Crippen molar-refractivity contribution < 1.29 is 9.53 Å². The Balaban J connectivity index is 1.80. The van der Waals surface area contributed by atoms with Crippen LogP contribution < -0.4 is 4.74 Å². The molecule has 1 amide bonds. The summed E-state index contributed by atoms with van der Waals surface area (Å²) in [4.78, 5) is 19.5. The van der Waals surface area contributed by atoms with Crippen molar-refractivity contribution in [1.82, 2.24) is 24.6 Å². The quantitative estimate of drug-likeness (QED) is 0.726. The van der Waals surface area contributed by atoms with Gasteiger partial charge in [0.15, 0.2) is 0 Å². The number of para-hydroxylation sites is 1. The monoisotopic (exact) mass is 349 g/mol. The second kappa shape index (κ2) is 6.59. The van der Waals surface area contributed by atoms with Gasteiger partial charge in [-0.05, 0) is 19.1 Å². The number of nitrogens with zero attached hydrogens (tertiary/aromatic N) is 5. The molecule has 0 radical (unpaired) electrons. The van der Waals surface area contributed by atoms with Crippen molar-refractivity contribution in [2.75, 3.05) is 7.11 Å². The van der Waals surface area contributed by atoms with Crippen LogP contribution in [0.4, 0.5) is 0 Å². The Morgan fingerprint density at radius 3 is 2.81 bits per heavy atom. The van der Waals surface area contributed by atoms with E-state index in [0.717, 1.165) is 22.8 Å². The van der Waals surface area contributed by atoms with Crippen LogP contribution in [-0.4, -0.2) is 37.7 Å². The van der Waals surface area contributed by atoms with Crippen LogP contribution in [-0.2, 0) is 13.1 Å². The third kappa shape index (κ3) is 2.71. The molecule has 3 heterocycles. The molecular weight excluding hydrogens is 330 g/mol. The van der Waals surface area contributed by atoms with Gasteiger partial charge in [0.2, 0.25) is 0 Å². The van der Waals surface area contributed by atoms with Crippen LogP contribution in [0, 0.1) is 6.92 Å². The SMILES string of the molecule is COc1ccccc1[C@@H]1Cn2c(C)cnc2CN1C(=O)c1ccnnc1. The van der Waals surface area contributed by atoms with Crippen LogP contribution in [0.5, 0.6) is 5.75 Å². The molecule has 0 saturated carbocycles. The van der Waals surface area contributed by atoms with Crippen molar-refractivity contribution in [2.45, 2.75) is 26.1 Å². The predicted octanol–water partition coefficient (Wildman–Crippen LogP) is 2.39. The molecule has 1 aliphatic heterocycles. The molecule has 1 atom stereocenters. The summed E-state index contributed by atoms with van der Waals surface area (Å²) in [6.07, 6.45) is 4.87. The molecule has 26 heavy (non-hydrogen) atoms. The van der Waals surface area contributed by atoms with Gasteiger partial charge in [0.1, 0.15) is 11.6 Å². The summed E-state index contributed by atoms with van der Waals surface area (Å²) >= 11 is 0. The fourth-order valence-electron chi connectivity index (χ4n) is 3.42. The third-order valence-corrected chi connectivity index (χ3v) is 4.77. The highest BCUT2D eigenvalue weighted by atomic mass is 16.5. The van der Waals surface area contributed by atoms with Gasteiger partial charge in [-0.2, -0.15) is 10.2 Å². The van der Waals surface area contributed by atoms with Crippen molar-refractivity contribution in [3.8, 4) is 5.75 Å². The molecule has 1 aliphatic rings. The van der Waals surface area contributed by atoms with Gasteiger partial charge in [-0.1, -0.05) is 18.2 Å². The average molecular weight is 349 g/mol. The van der Waals surface area contributed by atoms with Crippen LogP contribution in [0.2, 0.25) is 0 Å². The molecule has 0 spiro atoms. The minimum absolute atomic E-state index is 0.0947. The Morgan fingerprint density at radius 2 is 2.04 bits per heavy atom. The van der Waals surface area contributed by atoms with Crippen molar-refractivity contribution in [2.24, 2.45) is 0 Å². The summed E-state index contributed by atoms with van der Waals surface area (Å²) in [6.45, 7) is 3.09. The topological polar surface area (TPSA) is 73.1 Å². The molecule has 0 aliphatic carbocycles. The number of benzene rings is 1. The maximum atomic E-state index is 13.2. The van der Waals surface area contributed by atoms with E-state index in [1.165, 1.54) is 12.4 Å². The Labute approximate surface area is 151 Å². The Morgan fingerprint density at radius 1 is 1.19 bits per heavy atom. The van der Waals surface area contributed by atoms with Crippen molar-refractivity contribution in [1.29, 1.82) is 0 Å². The molecule has 1 aromatic carbocycles. The molecule has 0 saturated heterocycles. The lowest BCUT2D eigenvalue weighted by atomic mass is 10.0. The zero-order valence-electron chi connectivity index (χ0n) is 14.7. The largest absolute Gasteiger partial charge is 0.496 e. The van der Waals surface area contributed by atoms with Gasteiger partial charge < -0.3 is 14.2 Å². The zero-order valence-corrected chi connectivity index (χ0v) is 14.7. The second-order valence-electron chi connectivity index (χ2n) is 6.25. The summed E-state index contributed by atoms with van der Waals surface area (Å²) in [6, 6.07) is 9.34. The van der Waals surface area contributed by atoms with E-state index >= 15 is 0 Å². The number of carbonyl (C=O) groups excluding carboxylic acids is 1. The first-order chi connectivity index (χ1) is 12.7. The van der Waals surface area contributed by atoms with Gasteiger partial charge in [-0.15, -0.1) is 0 Å². The number of ether oxygens (including phenoxy) is 1.